The zero-order valence-corrected chi connectivity index (χ0v) is 16.0. The molecule has 0 fully saturated rings. The Morgan fingerprint density at radius 2 is 1.96 bits per heavy atom. The van der Waals surface area contributed by atoms with Crippen LogP contribution in [0, 0.1) is 26.2 Å². The van der Waals surface area contributed by atoms with Gasteiger partial charge in [-0.2, -0.15) is 4.99 Å². The second kappa shape index (κ2) is 7.30. The van der Waals surface area contributed by atoms with Crippen molar-refractivity contribution in [1.82, 2.24) is 4.57 Å². The maximum absolute atomic E-state index is 12.8. The van der Waals surface area contributed by atoms with E-state index >= 15 is 0 Å². The highest BCUT2D eigenvalue weighted by atomic mass is 32.2. The molecule has 0 aliphatic carbocycles. The quantitative estimate of drug-likeness (QED) is 0.508. The number of amides is 1. The van der Waals surface area contributed by atoms with Gasteiger partial charge < -0.3 is 4.57 Å². The van der Waals surface area contributed by atoms with Gasteiger partial charge in [-0.1, -0.05) is 41.5 Å². The Kier molecular flexibility index (Phi) is 5.12. The van der Waals surface area contributed by atoms with E-state index in [4.69, 9.17) is 6.42 Å². The highest BCUT2D eigenvalue weighted by Gasteiger charge is 2.13. The number of fused-ring (bicyclic) bond motifs is 1. The highest BCUT2D eigenvalue weighted by Crippen LogP contribution is 2.25. The molecule has 5 heteroatoms. The van der Waals surface area contributed by atoms with Crippen LogP contribution in [0.3, 0.4) is 0 Å². The predicted octanol–water partition coefficient (Wildman–Crippen LogP) is 4.42. The van der Waals surface area contributed by atoms with E-state index in [0.29, 0.717) is 16.9 Å². The lowest BCUT2D eigenvalue weighted by atomic mass is 10.1. The first-order chi connectivity index (χ1) is 12.1. The van der Waals surface area contributed by atoms with Gasteiger partial charge in [-0.05, 0) is 43.4 Å². The number of thioether (sulfide) groups is 1. The smallest absolute Gasteiger partial charge is 0.280 e. The highest BCUT2D eigenvalue weighted by molar-refractivity contribution is 7.98. The van der Waals surface area contributed by atoms with Gasteiger partial charge in [-0.15, -0.1) is 18.2 Å². The summed E-state index contributed by atoms with van der Waals surface area (Å²) in [5.41, 5.74) is 3.97. The topological polar surface area (TPSA) is 34.4 Å². The molecule has 2 aromatic carbocycles. The summed E-state index contributed by atoms with van der Waals surface area (Å²) < 4.78 is 3.09. The van der Waals surface area contributed by atoms with Crippen molar-refractivity contribution in [3.8, 4) is 12.3 Å². The number of aromatic nitrogens is 1. The maximum Gasteiger partial charge on any atom is 0.280 e. The number of benzene rings is 2. The van der Waals surface area contributed by atoms with Gasteiger partial charge in [0.15, 0.2) is 4.80 Å². The number of carbonyl (C=O) groups is 1. The molecule has 0 aliphatic rings. The van der Waals surface area contributed by atoms with Crippen molar-refractivity contribution in [3.63, 3.8) is 0 Å². The number of carbonyl (C=O) groups excluding carboxylic acids is 1. The van der Waals surface area contributed by atoms with Gasteiger partial charge in [-0.3, -0.25) is 4.79 Å². The summed E-state index contributed by atoms with van der Waals surface area (Å²) in [6.45, 7) is 4.50. The first-order valence-electron chi connectivity index (χ1n) is 7.82. The monoisotopic (exact) mass is 366 g/mol. The summed E-state index contributed by atoms with van der Waals surface area (Å²) in [4.78, 5) is 18.7. The molecule has 3 rings (SSSR count). The summed E-state index contributed by atoms with van der Waals surface area (Å²) in [7, 11) is 0. The summed E-state index contributed by atoms with van der Waals surface area (Å²) in [6.07, 6.45) is 7.51. The van der Waals surface area contributed by atoms with Gasteiger partial charge in [0.1, 0.15) is 0 Å². The largest absolute Gasteiger partial charge is 0.304 e. The molecule has 3 aromatic rings. The van der Waals surface area contributed by atoms with Crippen molar-refractivity contribution in [1.29, 1.82) is 0 Å². The van der Waals surface area contributed by atoms with Crippen LogP contribution in [0.25, 0.3) is 10.2 Å². The summed E-state index contributed by atoms with van der Waals surface area (Å²) in [6, 6.07) is 11.7. The normalized spacial score (nSPS) is 11.7. The van der Waals surface area contributed by atoms with Gasteiger partial charge >= 0.3 is 0 Å². The molecule has 0 atom stereocenters. The van der Waals surface area contributed by atoms with Gasteiger partial charge in [-0.25, -0.2) is 0 Å². The fourth-order valence-corrected chi connectivity index (χ4v) is 4.53. The van der Waals surface area contributed by atoms with E-state index in [1.165, 1.54) is 11.3 Å². The van der Waals surface area contributed by atoms with E-state index < -0.39 is 0 Å². The molecule has 1 aromatic heterocycles. The van der Waals surface area contributed by atoms with Crippen LogP contribution in [-0.2, 0) is 6.54 Å². The number of terminal acetylenes is 1. The Hall–Kier alpha value is -2.29. The number of nitrogens with zero attached hydrogens (tertiary/aromatic N) is 2. The van der Waals surface area contributed by atoms with E-state index in [9.17, 15) is 4.79 Å². The minimum atomic E-state index is -0.238. The molecule has 1 amide bonds. The fourth-order valence-electron chi connectivity index (χ4n) is 2.77. The van der Waals surface area contributed by atoms with E-state index in [1.54, 1.807) is 11.8 Å². The Labute approximate surface area is 155 Å². The van der Waals surface area contributed by atoms with Crippen LogP contribution in [0.15, 0.2) is 46.3 Å². The molecule has 1 heterocycles. The van der Waals surface area contributed by atoms with Gasteiger partial charge in [0.2, 0.25) is 0 Å². The summed E-state index contributed by atoms with van der Waals surface area (Å²) in [5, 5.41) is 0. The van der Waals surface area contributed by atoms with E-state index in [2.05, 4.69) is 36.9 Å². The van der Waals surface area contributed by atoms with Crippen molar-refractivity contribution in [2.24, 2.45) is 4.99 Å². The Morgan fingerprint density at radius 1 is 1.24 bits per heavy atom. The number of aryl methyl sites for hydroxylation is 2. The van der Waals surface area contributed by atoms with Gasteiger partial charge in [0.25, 0.3) is 5.91 Å². The zero-order chi connectivity index (χ0) is 18.0. The van der Waals surface area contributed by atoms with Crippen LogP contribution in [0.1, 0.15) is 21.5 Å². The van der Waals surface area contributed by atoms with Gasteiger partial charge in [0, 0.05) is 4.90 Å². The molecule has 0 unspecified atom stereocenters. The number of hydrogen-bond acceptors (Lipinski definition) is 3. The maximum atomic E-state index is 12.8. The Bertz CT molecular complexity index is 1070. The Balaban J connectivity index is 2.24. The molecule has 0 N–H and O–H groups in total. The SMILES string of the molecule is C#CCn1c(=NC(=O)c2ccccc2SC)sc2c(C)ccc(C)c21. The van der Waals surface area contributed by atoms with Crippen molar-refractivity contribution in [3.05, 3.63) is 57.9 Å². The third-order valence-corrected chi connectivity index (χ3v) is 6.02. The second-order valence-electron chi connectivity index (χ2n) is 5.67. The van der Waals surface area contributed by atoms with Gasteiger partial charge in [0.05, 0.1) is 22.3 Å². The number of thiazole rings is 1. The van der Waals surface area contributed by atoms with E-state index in [-0.39, 0.29) is 5.91 Å². The fraction of sp³-hybridized carbons (Fsp3) is 0.200. The molecular formula is C20H18N2OS2. The van der Waals surface area contributed by atoms with Crippen molar-refractivity contribution >= 4 is 39.2 Å². The summed E-state index contributed by atoms with van der Waals surface area (Å²) >= 11 is 3.06. The molecule has 25 heavy (non-hydrogen) atoms. The second-order valence-corrected chi connectivity index (χ2v) is 7.49. The molecule has 3 nitrogen and oxygen atoms in total. The predicted molar refractivity (Wildman–Crippen MR) is 106 cm³/mol. The first-order valence-corrected chi connectivity index (χ1v) is 9.86. The van der Waals surface area contributed by atoms with E-state index in [0.717, 1.165) is 26.2 Å². The van der Waals surface area contributed by atoms with Crippen LogP contribution in [0.5, 0.6) is 0 Å². The van der Waals surface area contributed by atoms with Crippen LogP contribution in [0.2, 0.25) is 0 Å². The minimum absolute atomic E-state index is 0.238. The van der Waals surface area contributed by atoms with E-state index in [1.807, 2.05) is 35.1 Å². The van der Waals surface area contributed by atoms with Crippen LogP contribution >= 0.6 is 23.1 Å². The lowest BCUT2D eigenvalue weighted by Gasteiger charge is -2.05. The lowest BCUT2D eigenvalue weighted by Crippen LogP contribution is -2.17. The summed E-state index contributed by atoms with van der Waals surface area (Å²) in [5.74, 6) is 2.44. The average Bonchev–Trinajstić information content (AvgIpc) is 2.98. The minimum Gasteiger partial charge on any atom is -0.304 e. The molecular weight excluding hydrogens is 348 g/mol. The Morgan fingerprint density at radius 3 is 2.68 bits per heavy atom. The zero-order valence-electron chi connectivity index (χ0n) is 14.4. The molecule has 0 bridgehead atoms. The molecule has 0 aliphatic heterocycles. The number of rotatable bonds is 3. The molecule has 0 radical (unpaired) electrons. The molecule has 0 saturated carbocycles. The third kappa shape index (κ3) is 3.28. The number of hydrogen-bond donors (Lipinski definition) is 0. The van der Waals surface area contributed by atoms with Crippen molar-refractivity contribution in [2.45, 2.75) is 25.3 Å². The van der Waals surface area contributed by atoms with Crippen LogP contribution in [0.4, 0.5) is 0 Å². The third-order valence-electron chi connectivity index (χ3n) is 4.01. The van der Waals surface area contributed by atoms with Crippen molar-refractivity contribution in [2.75, 3.05) is 6.26 Å². The van der Waals surface area contributed by atoms with Crippen LogP contribution < -0.4 is 4.80 Å². The molecule has 126 valence electrons. The van der Waals surface area contributed by atoms with Crippen LogP contribution in [-0.4, -0.2) is 16.7 Å². The molecule has 0 spiro atoms. The lowest BCUT2D eigenvalue weighted by molar-refractivity contribution is 0.0995. The average molecular weight is 367 g/mol. The van der Waals surface area contributed by atoms with Crippen molar-refractivity contribution < 1.29 is 4.79 Å². The molecule has 0 saturated heterocycles. The standard InChI is InChI=1S/C20H18N2OS2/c1-5-12-22-17-13(2)10-11-14(3)18(17)25-20(22)21-19(23)15-8-6-7-9-16(15)24-4/h1,6-11H,12H2,2-4H3. The first kappa shape index (κ1) is 17.5.